The van der Waals surface area contributed by atoms with Crippen LogP contribution in [0.1, 0.15) is 23.6 Å². The molecule has 0 spiro atoms. The van der Waals surface area contributed by atoms with Gasteiger partial charge in [-0.25, -0.2) is 0 Å². The monoisotopic (exact) mass is 372 g/mol. The molecular weight excluding hydrogens is 352 g/mol. The number of ether oxygens (including phenoxy) is 1. The highest BCUT2D eigenvalue weighted by Crippen LogP contribution is 2.28. The number of rotatable bonds is 4. The lowest BCUT2D eigenvalue weighted by molar-refractivity contribution is -0.141. The molecule has 5 heteroatoms. The third-order valence-electron chi connectivity index (χ3n) is 4.71. The first-order chi connectivity index (χ1) is 13.4. The van der Waals surface area contributed by atoms with Gasteiger partial charge in [-0.05, 0) is 48.8 Å². The Labute approximate surface area is 164 Å². The molecule has 3 rings (SSSR count). The number of hydrogen-bond acceptors (Lipinski definition) is 4. The molecule has 0 saturated heterocycles. The quantitative estimate of drug-likeness (QED) is 0.605. The van der Waals surface area contributed by atoms with Gasteiger partial charge in [0.25, 0.3) is 11.8 Å². The zero-order valence-electron chi connectivity index (χ0n) is 16.0. The van der Waals surface area contributed by atoms with Crippen molar-refractivity contribution in [3.8, 4) is 11.8 Å². The molecule has 0 radical (unpaired) electrons. The summed E-state index contributed by atoms with van der Waals surface area (Å²) in [6.07, 6.45) is 1.70. The SMILES string of the molecule is COc1ccc(/C=C2/C(=O)N(Cc3ccc(C)cc3)C(=O)C(C#N)=C2C)cc1. The maximum Gasteiger partial charge on any atom is 0.271 e. The van der Waals surface area contributed by atoms with E-state index in [9.17, 15) is 14.9 Å². The van der Waals surface area contributed by atoms with Crippen LogP contribution in [0.3, 0.4) is 0 Å². The van der Waals surface area contributed by atoms with Gasteiger partial charge in [0.15, 0.2) is 0 Å². The molecule has 0 bridgehead atoms. The zero-order chi connectivity index (χ0) is 20.3. The van der Waals surface area contributed by atoms with Crippen LogP contribution in [0.4, 0.5) is 0 Å². The Kier molecular flexibility index (Phi) is 5.42. The summed E-state index contributed by atoms with van der Waals surface area (Å²) in [4.78, 5) is 26.9. The molecular formula is C23H20N2O3. The fourth-order valence-corrected chi connectivity index (χ4v) is 3.02. The van der Waals surface area contributed by atoms with E-state index in [0.717, 1.165) is 21.6 Å². The average molecular weight is 372 g/mol. The van der Waals surface area contributed by atoms with Crippen molar-refractivity contribution in [3.05, 3.63) is 81.9 Å². The third kappa shape index (κ3) is 3.72. The third-order valence-corrected chi connectivity index (χ3v) is 4.71. The molecule has 0 aromatic heterocycles. The minimum atomic E-state index is -0.558. The van der Waals surface area contributed by atoms with Crippen molar-refractivity contribution >= 4 is 17.9 Å². The van der Waals surface area contributed by atoms with Gasteiger partial charge in [-0.1, -0.05) is 42.0 Å². The predicted octanol–water partition coefficient (Wildman–Crippen LogP) is 3.80. The number of amides is 2. The maximum absolute atomic E-state index is 13.1. The average Bonchev–Trinajstić information content (AvgIpc) is 2.71. The molecule has 140 valence electrons. The second-order valence-electron chi connectivity index (χ2n) is 6.63. The molecule has 0 fully saturated rings. The molecule has 1 aliphatic rings. The van der Waals surface area contributed by atoms with Crippen molar-refractivity contribution in [3.63, 3.8) is 0 Å². The fraction of sp³-hybridized carbons (Fsp3) is 0.174. The molecule has 0 unspecified atom stereocenters. The van der Waals surface area contributed by atoms with E-state index in [1.54, 1.807) is 32.2 Å². The Morgan fingerprint density at radius 2 is 1.64 bits per heavy atom. The lowest BCUT2D eigenvalue weighted by Gasteiger charge is -2.27. The highest BCUT2D eigenvalue weighted by atomic mass is 16.5. The number of nitriles is 1. The topological polar surface area (TPSA) is 70.4 Å². The molecule has 0 N–H and O–H groups in total. The smallest absolute Gasteiger partial charge is 0.271 e. The van der Waals surface area contributed by atoms with E-state index in [1.165, 1.54) is 0 Å². The van der Waals surface area contributed by atoms with Crippen molar-refractivity contribution < 1.29 is 14.3 Å². The Bertz CT molecular complexity index is 1020. The van der Waals surface area contributed by atoms with Crippen LogP contribution in [0.15, 0.2) is 65.3 Å². The Balaban J connectivity index is 2.01. The first-order valence-electron chi connectivity index (χ1n) is 8.83. The summed E-state index contributed by atoms with van der Waals surface area (Å²) in [5.74, 6) is -0.256. The van der Waals surface area contributed by atoms with Gasteiger partial charge in [0, 0.05) is 5.57 Å². The van der Waals surface area contributed by atoms with Gasteiger partial charge in [-0.15, -0.1) is 0 Å². The highest BCUT2D eigenvalue weighted by molar-refractivity contribution is 6.19. The summed E-state index contributed by atoms with van der Waals surface area (Å²) in [5.41, 5.74) is 3.43. The molecule has 28 heavy (non-hydrogen) atoms. The Hall–Kier alpha value is -3.65. The van der Waals surface area contributed by atoms with Crippen LogP contribution in [0.2, 0.25) is 0 Å². The van der Waals surface area contributed by atoms with Gasteiger partial charge in [0.2, 0.25) is 0 Å². The molecule has 2 aromatic carbocycles. The second kappa shape index (κ2) is 7.93. The molecule has 2 aromatic rings. The van der Waals surface area contributed by atoms with E-state index < -0.39 is 11.8 Å². The van der Waals surface area contributed by atoms with Gasteiger partial charge in [-0.3, -0.25) is 14.5 Å². The Morgan fingerprint density at radius 3 is 2.21 bits per heavy atom. The number of carbonyl (C=O) groups is 2. The number of benzene rings is 2. The van der Waals surface area contributed by atoms with Crippen LogP contribution in [0.25, 0.3) is 6.08 Å². The van der Waals surface area contributed by atoms with Crippen LogP contribution < -0.4 is 4.74 Å². The van der Waals surface area contributed by atoms with Crippen LogP contribution in [-0.4, -0.2) is 23.8 Å². The highest BCUT2D eigenvalue weighted by Gasteiger charge is 2.35. The predicted molar refractivity (Wildman–Crippen MR) is 106 cm³/mol. The summed E-state index contributed by atoms with van der Waals surface area (Å²) < 4.78 is 5.15. The van der Waals surface area contributed by atoms with Crippen molar-refractivity contribution in [2.75, 3.05) is 7.11 Å². The first-order valence-corrected chi connectivity index (χ1v) is 8.83. The molecule has 5 nitrogen and oxygen atoms in total. The Morgan fingerprint density at radius 1 is 1.00 bits per heavy atom. The number of aryl methyl sites for hydroxylation is 1. The van der Waals surface area contributed by atoms with E-state index in [1.807, 2.05) is 49.4 Å². The van der Waals surface area contributed by atoms with Gasteiger partial charge in [0.05, 0.1) is 13.7 Å². The van der Waals surface area contributed by atoms with E-state index in [-0.39, 0.29) is 12.1 Å². The maximum atomic E-state index is 13.1. The first kappa shape index (κ1) is 19.1. The van der Waals surface area contributed by atoms with E-state index in [0.29, 0.717) is 16.9 Å². The number of carbonyl (C=O) groups excluding carboxylic acids is 2. The summed E-state index contributed by atoms with van der Waals surface area (Å²) >= 11 is 0. The summed E-state index contributed by atoms with van der Waals surface area (Å²) in [5, 5.41) is 9.48. The van der Waals surface area contributed by atoms with Gasteiger partial charge in [0.1, 0.15) is 17.4 Å². The minimum Gasteiger partial charge on any atom is -0.497 e. The normalized spacial score (nSPS) is 15.8. The minimum absolute atomic E-state index is 0.00790. The molecule has 0 aliphatic carbocycles. The number of imide groups is 1. The zero-order valence-corrected chi connectivity index (χ0v) is 16.0. The van der Waals surface area contributed by atoms with Crippen molar-refractivity contribution in [2.45, 2.75) is 20.4 Å². The fourth-order valence-electron chi connectivity index (χ4n) is 3.02. The standard InChI is InChI=1S/C23H20N2O3/c1-15-4-6-18(7-5-15)14-25-22(26)20(16(2)21(13-24)23(25)27)12-17-8-10-19(28-3)11-9-17/h4-12H,14H2,1-3H3/b20-12+. The van der Waals surface area contributed by atoms with Gasteiger partial charge < -0.3 is 4.74 Å². The van der Waals surface area contributed by atoms with Gasteiger partial charge in [-0.2, -0.15) is 5.26 Å². The van der Waals surface area contributed by atoms with Crippen molar-refractivity contribution in [1.29, 1.82) is 5.26 Å². The summed E-state index contributed by atoms with van der Waals surface area (Å²) in [7, 11) is 1.58. The molecule has 2 amide bonds. The lowest BCUT2D eigenvalue weighted by Crippen LogP contribution is -2.42. The van der Waals surface area contributed by atoms with Gasteiger partial charge >= 0.3 is 0 Å². The summed E-state index contributed by atoms with van der Waals surface area (Å²) in [6.45, 7) is 3.72. The molecule has 0 atom stereocenters. The largest absolute Gasteiger partial charge is 0.497 e. The molecule has 1 aliphatic heterocycles. The number of hydrogen-bond donors (Lipinski definition) is 0. The van der Waals surface area contributed by atoms with Crippen molar-refractivity contribution in [1.82, 2.24) is 4.90 Å². The molecule has 1 heterocycles. The van der Waals surface area contributed by atoms with Crippen LogP contribution in [0.5, 0.6) is 5.75 Å². The van der Waals surface area contributed by atoms with E-state index in [2.05, 4.69) is 0 Å². The lowest BCUT2D eigenvalue weighted by atomic mass is 9.93. The van der Waals surface area contributed by atoms with E-state index >= 15 is 0 Å². The van der Waals surface area contributed by atoms with Crippen LogP contribution in [0, 0.1) is 18.3 Å². The molecule has 0 saturated carbocycles. The second-order valence-corrected chi connectivity index (χ2v) is 6.63. The van der Waals surface area contributed by atoms with E-state index in [4.69, 9.17) is 4.74 Å². The number of methoxy groups -OCH3 is 1. The summed E-state index contributed by atoms with van der Waals surface area (Å²) in [6, 6.07) is 16.8. The van der Waals surface area contributed by atoms with Crippen LogP contribution >= 0.6 is 0 Å². The van der Waals surface area contributed by atoms with Crippen LogP contribution in [-0.2, 0) is 16.1 Å². The number of nitrogens with zero attached hydrogens (tertiary/aromatic N) is 2. The van der Waals surface area contributed by atoms with Crippen molar-refractivity contribution in [2.24, 2.45) is 0 Å².